The summed E-state index contributed by atoms with van der Waals surface area (Å²) in [7, 11) is 0. The number of nitrogens with zero attached hydrogens (tertiary/aromatic N) is 1. The summed E-state index contributed by atoms with van der Waals surface area (Å²) < 4.78 is 11.5. The average Bonchev–Trinajstić information content (AvgIpc) is 2.51. The molecule has 1 aromatic rings. The van der Waals surface area contributed by atoms with E-state index in [0.29, 0.717) is 42.3 Å². The second-order valence-electron chi connectivity index (χ2n) is 4.93. The molecule has 1 atom stereocenters. The Bertz CT molecular complexity index is 541. The molecule has 0 aromatic heterocycles. The lowest BCUT2D eigenvalue weighted by Crippen LogP contribution is -2.45. The third-order valence-corrected chi connectivity index (χ3v) is 3.43. The lowest BCUT2D eigenvalue weighted by Gasteiger charge is -2.34. The van der Waals surface area contributed by atoms with Crippen molar-refractivity contribution in [2.24, 2.45) is 0 Å². The zero-order valence-electron chi connectivity index (χ0n) is 12.7. The highest BCUT2D eigenvalue weighted by molar-refractivity contribution is 6.01. The van der Waals surface area contributed by atoms with Crippen LogP contribution < -0.4 is 14.4 Å². The molecule has 1 unspecified atom stereocenters. The molecule has 0 N–H and O–H groups in total. The van der Waals surface area contributed by atoms with Gasteiger partial charge in [0.05, 0.1) is 12.3 Å². The molecule has 5 nitrogen and oxygen atoms in total. The Balaban J connectivity index is 2.53. The maximum atomic E-state index is 12.3. The van der Waals surface area contributed by atoms with E-state index < -0.39 is 6.10 Å². The maximum absolute atomic E-state index is 12.3. The van der Waals surface area contributed by atoms with Gasteiger partial charge in [0.1, 0.15) is 6.29 Å². The van der Waals surface area contributed by atoms with Crippen LogP contribution in [0.2, 0.25) is 0 Å². The van der Waals surface area contributed by atoms with Crippen molar-refractivity contribution in [1.82, 2.24) is 0 Å². The number of carbonyl (C=O) groups excluding carboxylic acids is 2. The van der Waals surface area contributed by atoms with Crippen LogP contribution in [0.25, 0.3) is 0 Å². The Morgan fingerprint density at radius 3 is 2.67 bits per heavy atom. The first-order chi connectivity index (χ1) is 10.2. The van der Waals surface area contributed by atoms with Crippen molar-refractivity contribution in [1.29, 1.82) is 0 Å². The summed E-state index contributed by atoms with van der Waals surface area (Å²) in [5.74, 6) is 1.01. The number of aldehydes is 1. The van der Waals surface area contributed by atoms with E-state index in [1.807, 2.05) is 20.8 Å². The smallest absolute Gasteiger partial charge is 0.268 e. The molecule has 1 aliphatic rings. The van der Waals surface area contributed by atoms with Crippen LogP contribution in [0.5, 0.6) is 11.5 Å². The Hall–Kier alpha value is -2.04. The lowest BCUT2D eigenvalue weighted by molar-refractivity contribution is -0.126. The summed E-state index contributed by atoms with van der Waals surface area (Å²) in [5, 5.41) is 0. The molecule has 21 heavy (non-hydrogen) atoms. The Labute approximate surface area is 124 Å². The molecule has 1 aromatic carbocycles. The highest BCUT2D eigenvalue weighted by Gasteiger charge is 2.34. The first-order valence-corrected chi connectivity index (χ1v) is 7.40. The van der Waals surface area contributed by atoms with E-state index in [1.165, 1.54) is 0 Å². The van der Waals surface area contributed by atoms with Crippen LogP contribution in [0.1, 0.15) is 44.0 Å². The average molecular weight is 291 g/mol. The number of benzene rings is 1. The zero-order valence-corrected chi connectivity index (χ0v) is 12.7. The summed E-state index contributed by atoms with van der Waals surface area (Å²) in [5.41, 5.74) is 1.09. The summed E-state index contributed by atoms with van der Waals surface area (Å²) in [6.45, 7) is 6.89. The van der Waals surface area contributed by atoms with Gasteiger partial charge >= 0.3 is 0 Å². The van der Waals surface area contributed by atoms with Crippen molar-refractivity contribution in [3.8, 4) is 11.5 Å². The molecule has 0 saturated heterocycles. The van der Waals surface area contributed by atoms with Crippen molar-refractivity contribution in [3.05, 3.63) is 17.7 Å². The van der Waals surface area contributed by atoms with Crippen LogP contribution in [0, 0.1) is 0 Å². The number of hydrogen-bond acceptors (Lipinski definition) is 4. The van der Waals surface area contributed by atoms with E-state index in [0.717, 1.165) is 12.7 Å². The molecule has 0 bridgehead atoms. The molecule has 1 heterocycles. The molecule has 114 valence electrons. The minimum atomic E-state index is -0.497. The van der Waals surface area contributed by atoms with Gasteiger partial charge in [0, 0.05) is 12.1 Å². The molecule has 0 radical (unpaired) electrons. The monoisotopic (exact) mass is 291 g/mol. The second kappa shape index (κ2) is 6.61. The van der Waals surface area contributed by atoms with Crippen LogP contribution in [-0.4, -0.2) is 31.4 Å². The fourth-order valence-corrected chi connectivity index (χ4v) is 2.38. The molecular formula is C16H21NO4. The van der Waals surface area contributed by atoms with Crippen molar-refractivity contribution in [2.75, 3.05) is 18.1 Å². The van der Waals surface area contributed by atoms with Gasteiger partial charge in [-0.25, -0.2) is 0 Å². The van der Waals surface area contributed by atoms with Gasteiger partial charge in [0.2, 0.25) is 0 Å². The maximum Gasteiger partial charge on any atom is 0.268 e. The minimum Gasteiger partial charge on any atom is -0.490 e. The molecule has 2 rings (SSSR count). The van der Waals surface area contributed by atoms with Crippen molar-refractivity contribution < 1.29 is 19.1 Å². The number of carbonyl (C=O) groups is 2. The largest absolute Gasteiger partial charge is 0.490 e. The van der Waals surface area contributed by atoms with E-state index in [9.17, 15) is 9.59 Å². The van der Waals surface area contributed by atoms with E-state index >= 15 is 0 Å². The Morgan fingerprint density at radius 1 is 1.33 bits per heavy atom. The van der Waals surface area contributed by atoms with Gasteiger partial charge in [-0.2, -0.15) is 0 Å². The second-order valence-corrected chi connectivity index (χ2v) is 4.93. The molecule has 1 aliphatic heterocycles. The summed E-state index contributed by atoms with van der Waals surface area (Å²) in [6.07, 6.45) is 1.71. The van der Waals surface area contributed by atoms with E-state index in [2.05, 4.69) is 0 Å². The zero-order chi connectivity index (χ0) is 15.4. The third-order valence-electron chi connectivity index (χ3n) is 3.43. The first-order valence-electron chi connectivity index (χ1n) is 7.40. The van der Waals surface area contributed by atoms with Crippen molar-refractivity contribution >= 4 is 17.9 Å². The number of hydrogen-bond donors (Lipinski definition) is 0. The van der Waals surface area contributed by atoms with E-state index in [1.54, 1.807) is 17.0 Å². The molecule has 0 fully saturated rings. The fraction of sp³-hybridized carbons (Fsp3) is 0.500. The standard InChI is InChI=1S/C16H21NO4/c1-4-7-20-14-9-11(10-18)8-12-15(14)21-13(5-2)16(19)17(12)6-3/h8-10,13H,4-7H2,1-3H3. The Kier molecular flexibility index (Phi) is 4.83. The van der Waals surface area contributed by atoms with Gasteiger partial charge in [0.25, 0.3) is 5.91 Å². The van der Waals surface area contributed by atoms with Crippen LogP contribution in [0.3, 0.4) is 0 Å². The lowest BCUT2D eigenvalue weighted by atomic mass is 10.1. The number of fused-ring (bicyclic) bond motifs is 1. The Morgan fingerprint density at radius 2 is 2.10 bits per heavy atom. The van der Waals surface area contributed by atoms with Crippen LogP contribution in [-0.2, 0) is 4.79 Å². The van der Waals surface area contributed by atoms with Gasteiger partial charge in [-0.1, -0.05) is 13.8 Å². The summed E-state index contributed by atoms with van der Waals surface area (Å²) >= 11 is 0. The summed E-state index contributed by atoms with van der Waals surface area (Å²) in [6, 6.07) is 3.34. The van der Waals surface area contributed by atoms with E-state index in [-0.39, 0.29) is 5.91 Å². The fourth-order valence-electron chi connectivity index (χ4n) is 2.38. The number of amides is 1. The first kappa shape index (κ1) is 15.4. The highest BCUT2D eigenvalue weighted by atomic mass is 16.5. The van der Waals surface area contributed by atoms with Gasteiger partial charge in [-0.15, -0.1) is 0 Å². The van der Waals surface area contributed by atoms with Crippen LogP contribution in [0.4, 0.5) is 5.69 Å². The molecular weight excluding hydrogens is 270 g/mol. The highest BCUT2D eigenvalue weighted by Crippen LogP contribution is 2.43. The number of anilines is 1. The van der Waals surface area contributed by atoms with Crippen LogP contribution >= 0.6 is 0 Å². The molecule has 0 saturated carbocycles. The van der Waals surface area contributed by atoms with Gasteiger partial charge in [0.15, 0.2) is 17.6 Å². The number of rotatable bonds is 6. The van der Waals surface area contributed by atoms with Gasteiger partial charge in [-0.05, 0) is 31.9 Å². The predicted octanol–water partition coefficient (Wildman–Crippen LogP) is 2.81. The quantitative estimate of drug-likeness (QED) is 0.756. The molecule has 1 amide bonds. The summed E-state index contributed by atoms with van der Waals surface area (Å²) in [4.78, 5) is 25.1. The van der Waals surface area contributed by atoms with Crippen LogP contribution in [0.15, 0.2) is 12.1 Å². The van der Waals surface area contributed by atoms with Crippen molar-refractivity contribution in [2.45, 2.75) is 39.7 Å². The van der Waals surface area contributed by atoms with Gasteiger partial charge < -0.3 is 14.4 Å². The van der Waals surface area contributed by atoms with Crippen molar-refractivity contribution in [3.63, 3.8) is 0 Å². The predicted molar refractivity (Wildman–Crippen MR) is 80.3 cm³/mol. The molecule has 0 spiro atoms. The minimum absolute atomic E-state index is 0.0722. The molecule has 0 aliphatic carbocycles. The molecule has 5 heteroatoms. The van der Waals surface area contributed by atoms with Gasteiger partial charge in [-0.3, -0.25) is 9.59 Å². The van der Waals surface area contributed by atoms with E-state index in [4.69, 9.17) is 9.47 Å². The number of ether oxygens (including phenoxy) is 2. The SMILES string of the molecule is CCCOc1cc(C=O)cc2c1OC(CC)C(=O)N2CC. The third kappa shape index (κ3) is 2.86. The normalized spacial score (nSPS) is 17.2. The topological polar surface area (TPSA) is 55.8 Å². The number of likely N-dealkylation sites (N-methyl/N-ethyl adjacent to an activating group) is 1.